The smallest absolute Gasteiger partial charge is 0.0578 e. The first kappa shape index (κ1) is 43.2. The van der Waals surface area contributed by atoms with Gasteiger partial charge in [0.15, 0.2) is 0 Å². The van der Waals surface area contributed by atoms with Crippen molar-refractivity contribution < 1.29 is 51.1 Å². The van der Waals surface area contributed by atoms with Gasteiger partial charge in [-0.3, -0.25) is 0 Å². The van der Waals surface area contributed by atoms with Gasteiger partial charge in [0.05, 0.1) is 61.0 Å². The van der Waals surface area contributed by atoms with E-state index in [2.05, 4.69) is 0 Å². The van der Waals surface area contributed by atoms with Gasteiger partial charge in [0.25, 0.3) is 0 Å². The standard InChI is InChI=1S/C51H79O10/c1-27-8-43(59)36(12-42(27)58)49-18-29-17-48(22-49,35-11-32(54)4-7-41(35)57)25-51(20-29,26-49)38-14-44(60)37(13-45(38)61)50-19-28-15-46(23-50,33-9-30(52)2-5-39(33)55)21-47(16-28,24-50)34-10-31(53)3-6-40(34)56/h1-2,27-45,52-61H,3-26H2. The van der Waals surface area contributed by atoms with Crippen LogP contribution in [0.5, 0.6) is 0 Å². The summed E-state index contributed by atoms with van der Waals surface area (Å²) in [5.41, 5.74) is -1.68. The Kier molecular flexibility index (Phi) is 10.5. The Balaban J connectivity index is 0.945. The zero-order chi connectivity index (χ0) is 42.6. The van der Waals surface area contributed by atoms with Crippen molar-refractivity contribution in [2.75, 3.05) is 0 Å². The average Bonchev–Trinajstić information content (AvgIpc) is 3.18. The highest BCUT2D eigenvalue weighted by Gasteiger charge is 2.73. The molecule has 8 bridgehead atoms. The molecule has 61 heavy (non-hydrogen) atoms. The monoisotopic (exact) mass is 852 g/mol. The third-order valence-electron chi connectivity index (χ3n) is 22.2. The lowest BCUT2D eigenvalue weighted by atomic mass is 9.30. The minimum absolute atomic E-state index is 0.0645. The van der Waals surface area contributed by atoms with Gasteiger partial charge in [0.1, 0.15) is 0 Å². The van der Waals surface area contributed by atoms with Crippen molar-refractivity contribution in [2.45, 2.75) is 215 Å². The van der Waals surface area contributed by atoms with Crippen LogP contribution in [0.15, 0.2) is 0 Å². The van der Waals surface area contributed by atoms with E-state index >= 15 is 0 Å². The van der Waals surface area contributed by atoms with E-state index in [9.17, 15) is 51.1 Å². The van der Waals surface area contributed by atoms with Crippen LogP contribution in [0.1, 0.15) is 154 Å². The molecular weight excluding hydrogens is 773 g/mol. The summed E-state index contributed by atoms with van der Waals surface area (Å²) in [4.78, 5) is 0. The largest absolute Gasteiger partial charge is 0.393 e. The van der Waals surface area contributed by atoms with E-state index in [4.69, 9.17) is 6.92 Å². The normalized spacial score (nSPS) is 62.9. The van der Waals surface area contributed by atoms with Crippen molar-refractivity contribution in [1.82, 2.24) is 0 Å². The lowest BCUT2D eigenvalue weighted by Crippen LogP contribution is -2.69. The van der Waals surface area contributed by atoms with E-state index in [1.165, 1.54) is 0 Å². The molecule has 3 radical (unpaired) electrons. The molecule has 25 unspecified atom stereocenters. The predicted molar refractivity (Wildman–Crippen MR) is 225 cm³/mol. The fourth-order valence-electron chi connectivity index (χ4n) is 21.4. The number of hydrogen-bond acceptors (Lipinski definition) is 10. The van der Waals surface area contributed by atoms with Crippen molar-refractivity contribution in [2.24, 2.45) is 85.8 Å². The molecule has 10 heteroatoms. The third-order valence-corrected chi connectivity index (χ3v) is 22.2. The van der Waals surface area contributed by atoms with Gasteiger partial charge in [-0.05, 0) is 253 Å². The summed E-state index contributed by atoms with van der Waals surface area (Å²) in [6, 6.07) is 0. The second kappa shape index (κ2) is 14.8. The molecule has 0 aliphatic heterocycles. The van der Waals surface area contributed by atoms with Crippen LogP contribution in [0.4, 0.5) is 0 Å². The van der Waals surface area contributed by atoms with Crippen LogP contribution in [0.25, 0.3) is 0 Å². The highest BCUT2D eigenvalue weighted by molar-refractivity contribution is 5.23. The molecule has 25 atom stereocenters. The van der Waals surface area contributed by atoms with E-state index in [1.807, 2.05) is 6.42 Å². The summed E-state index contributed by atoms with van der Waals surface area (Å²) in [6.45, 7) is 6.34. The summed E-state index contributed by atoms with van der Waals surface area (Å²) in [6.07, 6.45) is 13.3. The molecule has 13 saturated carbocycles. The topological polar surface area (TPSA) is 202 Å². The Bertz CT molecular complexity index is 1620. The van der Waals surface area contributed by atoms with Crippen LogP contribution in [0.2, 0.25) is 0 Å². The zero-order valence-corrected chi connectivity index (χ0v) is 36.6. The molecule has 0 spiro atoms. The van der Waals surface area contributed by atoms with E-state index in [0.29, 0.717) is 88.9 Å². The van der Waals surface area contributed by atoms with Crippen LogP contribution >= 0.6 is 0 Å². The van der Waals surface area contributed by atoms with Gasteiger partial charge in [-0.2, -0.15) is 0 Å². The SMILES string of the molecule is [CH]C1CC(O)C(C23CC4CC(C5CC(O)CCC5O)(C2)CC(C2CC(O)C(C56CC7CC(C8CC(O)[CH]CC8O)(CC(C8CC(O)CCC8O)(C7)C5)C6)CC2O)(C4)C3)CC1O. The van der Waals surface area contributed by atoms with Crippen LogP contribution in [-0.2, 0) is 0 Å². The quantitative estimate of drug-likeness (QED) is 0.182. The van der Waals surface area contributed by atoms with Gasteiger partial charge in [0.2, 0.25) is 0 Å². The molecule has 0 aromatic carbocycles. The molecule has 10 N–H and O–H groups in total. The van der Waals surface area contributed by atoms with Crippen molar-refractivity contribution >= 4 is 0 Å². The van der Waals surface area contributed by atoms with Crippen LogP contribution in [0, 0.1) is 99.1 Å². The fourth-order valence-corrected chi connectivity index (χ4v) is 21.4. The van der Waals surface area contributed by atoms with Crippen LogP contribution < -0.4 is 0 Å². The molecule has 0 amide bonds. The number of hydrogen-bond donors (Lipinski definition) is 10. The molecule has 0 aromatic rings. The van der Waals surface area contributed by atoms with Gasteiger partial charge >= 0.3 is 0 Å². The van der Waals surface area contributed by atoms with Gasteiger partial charge in [0, 0.05) is 0 Å². The molecule has 13 rings (SSSR count). The number of aliphatic hydroxyl groups is 10. The summed E-state index contributed by atoms with van der Waals surface area (Å²) in [5, 5.41) is 117. The summed E-state index contributed by atoms with van der Waals surface area (Å²) >= 11 is 0. The van der Waals surface area contributed by atoms with Crippen LogP contribution in [0.3, 0.4) is 0 Å². The zero-order valence-electron chi connectivity index (χ0n) is 36.6. The molecule has 0 heterocycles. The van der Waals surface area contributed by atoms with Gasteiger partial charge < -0.3 is 51.1 Å². The van der Waals surface area contributed by atoms with E-state index in [0.717, 1.165) is 77.0 Å². The van der Waals surface area contributed by atoms with Crippen molar-refractivity contribution in [3.05, 3.63) is 13.3 Å². The highest BCUT2D eigenvalue weighted by atomic mass is 16.3. The molecule has 343 valence electrons. The maximum Gasteiger partial charge on any atom is 0.0578 e. The first-order valence-corrected chi connectivity index (χ1v) is 25.3. The van der Waals surface area contributed by atoms with Gasteiger partial charge in [-0.25, -0.2) is 0 Å². The summed E-state index contributed by atoms with van der Waals surface area (Å²) in [5.74, 6) is -0.489. The molecule has 10 nitrogen and oxygen atoms in total. The Morgan fingerprint density at radius 1 is 0.344 bits per heavy atom. The first-order valence-electron chi connectivity index (χ1n) is 25.3. The Morgan fingerprint density at radius 2 is 0.672 bits per heavy atom. The third kappa shape index (κ3) is 6.64. The second-order valence-electron chi connectivity index (χ2n) is 25.6. The Hall–Kier alpha value is -0.400. The lowest BCUT2D eigenvalue weighted by Gasteiger charge is -2.75. The second-order valence-corrected chi connectivity index (χ2v) is 25.6. The Labute approximate surface area is 364 Å². The molecule has 0 saturated heterocycles. The average molecular weight is 852 g/mol. The van der Waals surface area contributed by atoms with Crippen LogP contribution in [-0.4, -0.2) is 112 Å². The summed E-state index contributed by atoms with van der Waals surface area (Å²) in [7, 11) is 0. The minimum atomic E-state index is -0.695. The number of aliphatic hydroxyl groups excluding tert-OH is 10. The van der Waals surface area contributed by atoms with E-state index < -0.39 is 67.0 Å². The molecule has 13 aliphatic carbocycles. The maximum absolute atomic E-state index is 13.0. The van der Waals surface area contributed by atoms with Gasteiger partial charge in [-0.1, -0.05) is 0 Å². The predicted octanol–water partition coefficient (Wildman–Crippen LogP) is 4.49. The van der Waals surface area contributed by atoms with Crippen molar-refractivity contribution in [3.8, 4) is 0 Å². The minimum Gasteiger partial charge on any atom is -0.393 e. The molecule has 0 aromatic heterocycles. The number of rotatable bonds is 6. The van der Waals surface area contributed by atoms with Crippen molar-refractivity contribution in [1.29, 1.82) is 0 Å². The maximum atomic E-state index is 13.0. The fraction of sp³-hybridized carbons (Fsp3) is 0.961. The first-order chi connectivity index (χ1) is 28.9. The highest BCUT2D eigenvalue weighted by Crippen LogP contribution is 2.80. The molecule has 13 fully saturated rings. The molecule has 13 aliphatic rings. The van der Waals surface area contributed by atoms with E-state index in [1.54, 1.807) is 0 Å². The van der Waals surface area contributed by atoms with Gasteiger partial charge in [-0.15, -0.1) is 0 Å². The summed E-state index contributed by atoms with van der Waals surface area (Å²) < 4.78 is 0. The van der Waals surface area contributed by atoms with E-state index in [-0.39, 0.29) is 68.0 Å². The Morgan fingerprint density at radius 3 is 1.07 bits per heavy atom. The van der Waals surface area contributed by atoms with Crippen molar-refractivity contribution in [3.63, 3.8) is 0 Å². The lowest BCUT2D eigenvalue weighted by molar-refractivity contribution is -0.277. The molecular formula is C51H79O10.